The van der Waals surface area contributed by atoms with Crippen LogP contribution in [0.15, 0.2) is 27.8 Å². The summed E-state index contributed by atoms with van der Waals surface area (Å²) in [7, 11) is 1.52. The van der Waals surface area contributed by atoms with Crippen molar-refractivity contribution < 1.29 is 14.0 Å². The molecular formula is C10H12BrF2N3O. The van der Waals surface area contributed by atoms with E-state index in [9.17, 15) is 8.78 Å². The lowest BCUT2D eigenvalue weighted by Crippen LogP contribution is -2.27. The van der Waals surface area contributed by atoms with Gasteiger partial charge in [-0.25, -0.2) is 8.78 Å². The van der Waals surface area contributed by atoms with Crippen LogP contribution in [0.1, 0.15) is 5.56 Å². The number of hydrogen-bond donors (Lipinski definition) is 2. The van der Waals surface area contributed by atoms with Crippen LogP contribution in [0.4, 0.5) is 14.5 Å². The number of nitrogens with two attached hydrogens (primary N) is 1. The lowest BCUT2D eigenvalue weighted by molar-refractivity contribution is 0.156. The van der Waals surface area contributed by atoms with Crippen molar-refractivity contribution in [3.8, 4) is 0 Å². The van der Waals surface area contributed by atoms with Crippen molar-refractivity contribution in [2.24, 2.45) is 10.9 Å². The van der Waals surface area contributed by atoms with Crippen molar-refractivity contribution in [2.45, 2.75) is 6.43 Å². The third-order valence-corrected chi connectivity index (χ3v) is 2.66. The third kappa shape index (κ3) is 3.55. The van der Waals surface area contributed by atoms with Gasteiger partial charge in [-0.15, -0.1) is 0 Å². The van der Waals surface area contributed by atoms with Gasteiger partial charge in [-0.05, 0) is 18.2 Å². The first-order chi connectivity index (χ1) is 7.95. The minimum atomic E-state index is -2.46. The van der Waals surface area contributed by atoms with E-state index in [4.69, 9.17) is 10.9 Å². The van der Waals surface area contributed by atoms with E-state index in [-0.39, 0.29) is 5.84 Å². The highest BCUT2D eigenvalue weighted by Gasteiger charge is 2.15. The van der Waals surface area contributed by atoms with Crippen LogP contribution in [0.5, 0.6) is 0 Å². The minimum absolute atomic E-state index is 0.117. The number of rotatable bonds is 4. The fourth-order valence-corrected chi connectivity index (χ4v) is 1.75. The second-order valence-electron chi connectivity index (χ2n) is 3.42. The molecule has 0 radical (unpaired) electrons. The van der Waals surface area contributed by atoms with Crippen molar-refractivity contribution >= 4 is 27.5 Å². The molecule has 0 aliphatic heterocycles. The average molecular weight is 308 g/mol. The highest BCUT2D eigenvalue weighted by Crippen LogP contribution is 2.24. The molecule has 94 valence electrons. The van der Waals surface area contributed by atoms with Gasteiger partial charge in [0, 0.05) is 22.8 Å². The minimum Gasteiger partial charge on any atom is -0.409 e. The van der Waals surface area contributed by atoms with E-state index in [1.54, 1.807) is 18.2 Å². The van der Waals surface area contributed by atoms with Gasteiger partial charge >= 0.3 is 0 Å². The van der Waals surface area contributed by atoms with Gasteiger partial charge in [0.25, 0.3) is 6.43 Å². The highest BCUT2D eigenvalue weighted by atomic mass is 79.9. The first kappa shape index (κ1) is 13.7. The van der Waals surface area contributed by atoms with E-state index in [0.717, 1.165) is 4.47 Å². The number of nitrogens with zero attached hydrogens (tertiary/aromatic N) is 2. The van der Waals surface area contributed by atoms with Crippen LogP contribution in [-0.4, -0.2) is 31.1 Å². The Kier molecular flexibility index (Phi) is 4.68. The van der Waals surface area contributed by atoms with Gasteiger partial charge in [-0.1, -0.05) is 21.1 Å². The van der Waals surface area contributed by atoms with E-state index in [1.807, 2.05) is 0 Å². The zero-order valence-electron chi connectivity index (χ0n) is 9.07. The molecule has 0 fully saturated rings. The molecule has 3 N–H and O–H groups in total. The van der Waals surface area contributed by atoms with Crippen LogP contribution in [-0.2, 0) is 0 Å². The van der Waals surface area contributed by atoms with Gasteiger partial charge in [0.05, 0.1) is 6.54 Å². The fourth-order valence-electron chi connectivity index (χ4n) is 1.40. The predicted octanol–water partition coefficient (Wildman–Crippen LogP) is 2.24. The monoisotopic (exact) mass is 307 g/mol. The number of hydrogen-bond acceptors (Lipinski definition) is 3. The zero-order valence-corrected chi connectivity index (χ0v) is 10.7. The summed E-state index contributed by atoms with van der Waals surface area (Å²) >= 11 is 3.24. The van der Waals surface area contributed by atoms with E-state index >= 15 is 0 Å². The molecule has 0 saturated carbocycles. The topological polar surface area (TPSA) is 61.8 Å². The number of alkyl halides is 2. The van der Waals surface area contributed by atoms with Crippen LogP contribution < -0.4 is 10.6 Å². The molecule has 0 saturated heterocycles. The molecule has 1 rings (SSSR count). The molecule has 7 heteroatoms. The zero-order chi connectivity index (χ0) is 13.0. The average Bonchev–Trinajstić information content (AvgIpc) is 2.27. The molecule has 0 aliphatic rings. The van der Waals surface area contributed by atoms with Crippen LogP contribution >= 0.6 is 15.9 Å². The number of oxime groups is 1. The Morgan fingerprint density at radius 3 is 2.76 bits per heavy atom. The van der Waals surface area contributed by atoms with Gasteiger partial charge in [0.2, 0.25) is 0 Å². The first-order valence-corrected chi connectivity index (χ1v) is 5.51. The molecule has 0 aromatic heterocycles. The Hall–Kier alpha value is -1.37. The maximum absolute atomic E-state index is 12.3. The summed E-state index contributed by atoms with van der Waals surface area (Å²) < 4.78 is 25.4. The quantitative estimate of drug-likeness (QED) is 0.388. The molecule has 0 aliphatic carbocycles. The Bertz CT molecular complexity index is 426. The van der Waals surface area contributed by atoms with Crippen molar-refractivity contribution in [2.75, 3.05) is 18.5 Å². The van der Waals surface area contributed by atoms with E-state index in [0.29, 0.717) is 11.3 Å². The van der Waals surface area contributed by atoms with Crippen molar-refractivity contribution in [3.05, 3.63) is 28.2 Å². The molecule has 0 spiro atoms. The molecule has 0 bridgehead atoms. The van der Waals surface area contributed by atoms with Gasteiger partial charge in [-0.3, -0.25) is 0 Å². The van der Waals surface area contributed by atoms with Crippen molar-refractivity contribution in [1.82, 2.24) is 0 Å². The van der Waals surface area contributed by atoms with E-state index in [2.05, 4.69) is 21.1 Å². The molecule has 0 amide bonds. The maximum Gasteiger partial charge on any atom is 0.255 e. The summed E-state index contributed by atoms with van der Waals surface area (Å²) in [5.74, 6) is -0.117. The van der Waals surface area contributed by atoms with Crippen LogP contribution in [0, 0.1) is 0 Å². The van der Waals surface area contributed by atoms with Crippen LogP contribution in [0.25, 0.3) is 0 Å². The number of halogens is 3. The highest BCUT2D eigenvalue weighted by molar-refractivity contribution is 9.10. The largest absolute Gasteiger partial charge is 0.409 e. The number of amidine groups is 1. The Labute approximate surface area is 106 Å². The third-order valence-electron chi connectivity index (χ3n) is 2.17. The SMILES string of the molecule is CN(CC(F)F)c1cc(Br)ccc1/C(N)=N/O. The second kappa shape index (κ2) is 5.81. The summed E-state index contributed by atoms with van der Waals surface area (Å²) in [5.41, 5.74) is 6.35. The molecule has 4 nitrogen and oxygen atoms in total. The molecular weight excluding hydrogens is 296 g/mol. The second-order valence-corrected chi connectivity index (χ2v) is 4.33. The Morgan fingerprint density at radius 2 is 2.24 bits per heavy atom. The summed E-state index contributed by atoms with van der Waals surface area (Å²) in [6.45, 7) is -0.428. The first-order valence-electron chi connectivity index (χ1n) is 4.72. The predicted molar refractivity (Wildman–Crippen MR) is 65.9 cm³/mol. The summed E-state index contributed by atoms with van der Waals surface area (Å²) in [4.78, 5) is 1.35. The van der Waals surface area contributed by atoms with Gasteiger partial charge < -0.3 is 15.8 Å². The van der Waals surface area contributed by atoms with Gasteiger partial charge in [0.15, 0.2) is 5.84 Å². The summed E-state index contributed by atoms with van der Waals surface area (Å²) in [6, 6.07) is 4.92. The smallest absolute Gasteiger partial charge is 0.255 e. The molecule has 1 aromatic rings. The molecule has 0 heterocycles. The molecule has 0 atom stereocenters. The van der Waals surface area contributed by atoms with E-state index < -0.39 is 13.0 Å². The van der Waals surface area contributed by atoms with Crippen molar-refractivity contribution in [1.29, 1.82) is 0 Å². The Morgan fingerprint density at radius 1 is 1.59 bits per heavy atom. The number of benzene rings is 1. The van der Waals surface area contributed by atoms with Crippen LogP contribution in [0.2, 0.25) is 0 Å². The Balaban J connectivity index is 3.15. The molecule has 17 heavy (non-hydrogen) atoms. The standard InChI is InChI=1S/C10H12BrF2N3O/c1-16(5-9(12)13)8-4-6(11)2-3-7(8)10(14)15-17/h2-4,9,17H,5H2,1H3,(H2,14,15). The molecule has 0 unspecified atom stereocenters. The number of anilines is 1. The van der Waals surface area contributed by atoms with Gasteiger partial charge in [-0.2, -0.15) is 0 Å². The lowest BCUT2D eigenvalue weighted by atomic mass is 10.1. The molecule has 1 aromatic carbocycles. The normalized spacial score (nSPS) is 11.9. The lowest BCUT2D eigenvalue weighted by Gasteiger charge is -2.21. The van der Waals surface area contributed by atoms with E-state index in [1.165, 1.54) is 11.9 Å². The summed E-state index contributed by atoms with van der Waals surface area (Å²) in [5, 5.41) is 11.5. The summed E-state index contributed by atoms with van der Waals surface area (Å²) in [6.07, 6.45) is -2.46. The fraction of sp³-hybridized carbons (Fsp3) is 0.300. The maximum atomic E-state index is 12.3. The van der Waals surface area contributed by atoms with Crippen molar-refractivity contribution in [3.63, 3.8) is 0 Å². The van der Waals surface area contributed by atoms with Crippen LogP contribution in [0.3, 0.4) is 0 Å². The van der Waals surface area contributed by atoms with Gasteiger partial charge in [0.1, 0.15) is 0 Å².